The van der Waals surface area contributed by atoms with E-state index < -0.39 is 0 Å². The Morgan fingerprint density at radius 1 is 0.667 bits per heavy atom. The van der Waals surface area contributed by atoms with Crippen LogP contribution in [0.25, 0.3) is 43.4 Å². The third-order valence-corrected chi connectivity index (χ3v) is 10.8. The number of benzene rings is 5. The summed E-state index contributed by atoms with van der Waals surface area (Å²) >= 11 is 0. The molecule has 48 heavy (non-hydrogen) atoms. The van der Waals surface area contributed by atoms with Crippen molar-refractivity contribution in [3.63, 3.8) is 0 Å². The molecule has 6 bridgehead atoms. The van der Waals surface area contributed by atoms with Gasteiger partial charge in [0, 0.05) is 18.6 Å². The molecule has 4 heteroatoms. The van der Waals surface area contributed by atoms with E-state index in [9.17, 15) is 0 Å². The smallest absolute Gasteiger partial charge is 0.308 e. The Morgan fingerprint density at radius 2 is 1.27 bits per heavy atom. The van der Waals surface area contributed by atoms with E-state index >= 15 is 0 Å². The average Bonchev–Trinajstić information content (AvgIpc) is 3.38. The first-order valence-electron chi connectivity index (χ1n) is 16.4. The Labute approximate surface area is 294 Å². The Balaban J connectivity index is 0.000000106. The van der Waals surface area contributed by atoms with Gasteiger partial charge < -0.3 is 15.0 Å². The molecule has 0 radical (unpaired) electrons. The third kappa shape index (κ3) is 4.94. The first-order chi connectivity index (χ1) is 23.2. The van der Waals surface area contributed by atoms with Gasteiger partial charge in [0.05, 0.1) is 0 Å². The van der Waals surface area contributed by atoms with Crippen LogP contribution in [0.1, 0.15) is 25.3 Å². The molecule has 3 nitrogen and oxygen atoms in total. The summed E-state index contributed by atoms with van der Waals surface area (Å²) in [6.07, 6.45) is 11.0. The summed E-state index contributed by atoms with van der Waals surface area (Å²) in [6.45, 7) is 2.49. The average molecular weight is 795 g/mol. The molecular weight excluding hydrogens is 763 g/mol. The Kier molecular flexibility index (Phi) is 7.87. The predicted molar refractivity (Wildman–Crippen MR) is 192 cm³/mol. The molecule has 4 atom stereocenters. The summed E-state index contributed by atoms with van der Waals surface area (Å²) < 4.78 is 0. The topological polar surface area (TPSA) is 38.1 Å². The van der Waals surface area contributed by atoms with Gasteiger partial charge in [-0.1, -0.05) is 49.4 Å². The van der Waals surface area contributed by atoms with Crippen molar-refractivity contribution in [3.05, 3.63) is 169 Å². The Bertz CT molecular complexity index is 2190. The van der Waals surface area contributed by atoms with E-state index in [1.165, 1.54) is 51.2 Å². The summed E-state index contributed by atoms with van der Waals surface area (Å²) in [5.41, 5.74) is 8.03. The molecule has 2 aromatic heterocycles. The summed E-state index contributed by atoms with van der Waals surface area (Å²) in [7, 11) is 0. The van der Waals surface area contributed by atoms with Crippen LogP contribution in [0.4, 0.5) is 0 Å². The zero-order valence-corrected chi connectivity index (χ0v) is 28.9. The number of nitrogens with zero attached hydrogens (tertiary/aromatic N) is 3. The number of pyridine rings is 2. The summed E-state index contributed by atoms with van der Waals surface area (Å²) in [4.78, 5) is 13.6. The van der Waals surface area contributed by atoms with Gasteiger partial charge in [-0.3, -0.25) is 0 Å². The zero-order valence-electron chi connectivity index (χ0n) is 26.5. The van der Waals surface area contributed by atoms with Gasteiger partial charge >= 0.3 is 20.1 Å². The first kappa shape index (κ1) is 30.6. The second kappa shape index (κ2) is 12.4. The van der Waals surface area contributed by atoms with Crippen LogP contribution in [-0.4, -0.2) is 15.7 Å². The summed E-state index contributed by atoms with van der Waals surface area (Å²) in [6, 6.07) is 46.6. The molecule has 2 aliphatic heterocycles. The fourth-order valence-corrected chi connectivity index (χ4v) is 8.33. The molecule has 5 aromatic carbocycles. The minimum Gasteiger partial charge on any atom is -0.308 e. The molecule has 2 fully saturated rings. The maximum atomic E-state index is 4.85. The molecule has 0 saturated heterocycles. The maximum Gasteiger partial charge on any atom is 3.00 e. The van der Waals surface area contributed by atoms with Gasteiger partial charge in [0.25, 0.3) is 0 Å². The molecule has 6 aliphatic rings. The molecule has 0 N–H and O–H groups in total. The number of hydrogen-bond donors (Lipinski definition) is 0. The van der Waals surface area contributed by atoms with E-state index in [1.54, 1.807) is 5.57 Å². The fraction of sp³-hybridized carbons (Fsp3) is 0.159. The van der Waals surface area contributed by atoms with Gasteiger partial charge in [-0.15, -0.1) is 106 Å². The van der Waals surface area contributed by atoms with Crippen LogP contribution in [0.2, 0.25) is 0 Å². The number of aromatic nitrogens is 2. The molecule has 7 aromatic rings. The van der Waals surface area contributed by atoms with Gasteiger partial charge in [0.2, 0.25) is 0 Å². The third-order valence-electron chi connectivity index (χ3n) is 10.8. The Morgan fingerprint density at radius 3 is 1.90 bits per heavy atom. The molecule has 4 aliphatic carbocycles. The van der Waals surface area contributed by atoms with Crippen LogP contribution in [-0.2, 0) is 20.1 Å². The normalized spacial score (nSPS) is 22.6. The monoisotopic (exact) mass is 795 g/mol. The van der Waals surface area contributed by atoms with E-state index in [1.807, 2.05) is 60.9 Å². The van der Waals surface area contributed by atoms with Crippen molar-refractivity contribution in [1.82, 2.24) is 9.97 Å². The van der Waals surface area contributed by atoms with Crippen LogP contribution in [0.3, 0.4) is 0 Å². The van der Waals surface area contributed by atoms with Gasteiger partial charge in [-0.05, 0) is 86.8 Å². The molecule has 4 unspecified atom stereocenters. The number of rotatable bonds is 1. The quantitative estimate of drug-likeness (QED) is 0.123. The van der Waals surface area contributed by atoms with Crippen molar-refractivity contribution in [3.8, 4) is 0 Å². The number of hydrogen-bond acceptors (Lipinski definition) is 3. The van der Waals surface area contributed by atoms with E-state index in [-0.39, 0.29) is 20.1 Å². The van der Waals surface area contributed by atoms with Crippen LogP contribution < -0.4 is 0 Å². The number of allylic oxidation sites excluding steroid dienone is 3. The van der Waals surface area contributed by atoms with Gasteiger partial charge in [0.1, 0.15) is 0 Å². The molecule has 0 spiro atoms. The van der Waals surface area contributed by atoms with E-state index in [2.05, 4.69) is 108 Å². The van der Waals surface area contributed by atoms with Crippen LogP contribution in [0.5, 0.6) is 0 Å². The summed E-state index contributed by atoms with van der Waals surface area (Å²) in [5, 5.41) is 6.93. The van der Waals surface area contributed by atoms with E-state index in [0.717, 1.165) is 33.6 Å². The van der Waals surface area contributed by atoms with Crippen molar-refractivity contribution in [2.45, 2.75) is 19.8 Å². The van der Waals surface area contributed by atoms with Crippen LogP contribution in [0, 0.1) is 41.4 Å². The second-order valence-electron chi connectivity index (χ2n) is 13.2. The minimum absolute atomic E-state index is 0. The van der Waals surface area contributed by atoms with Crippen molar-refractivity contribution in [2.75, 3.05) is 0 Å². The van der Waals surface area contributed by atoms with Gasteiger partial charge in [0.15, 0.2) is 0 Å². The fourth-order valence-electron chi connectivity index (χ4n) is 8.33. The zero-order chi connectivity index (χ0) is 31.4. The molecule has 232 valence electrons. The van der Waals surface area contributed by atoms with Gasteiger partial charge in [-0.2, -0.15) is 0 Å². The van der Waals surface area contributed by atoms with Crippen molar-refractivity contribution < 1.29 is 20.1 Å². The summed E-state index contributed by atoms with van der Waals surface area (Å²) in [5.74, 6) is 2.15. The molecular formula is C44H32IrN3. The molecule has 0 amide bonds. The van der Waals surface area contributed by atoms with Crippen LogP contribution >= 0.6 is 0 Å². The molecule has 2 saturated carbocycles. The molecule has 13 rings (SSSR count). The van der Waals surface area contributed by atoms with E-state index in [0.29, 0.717) is 11.3 Å². The van der Waals surface area contributed by atoms with Gasteiger partial charge in [-0.25, -0.2) is 0 Å². The van der Waals surface area contributed by atoms with Crippen molar-refractivity contribution >= 4 is 49.1 Å². The van der Waals surface area contributed by atoms with Crippen molar-refractivity contribution in [2.24, 2.45) is 28.2 Å². The largest absolute Gasteiger partial charge is 3.00 e. The standard InChI is InChI=1S/C18H16N.2C13H8N.Ir/c1-18-13-7-12-8-16(18)17(11-5-3-2-4-6-11)19-10-14(12)15(18)9-13;2*1-2-6-12-10(4-1)7-8-11-5-3-9-14-13(11)12;/h2-5,8,10,13,15-16H,7,9H2,1H3;2*1-5,7-9H;/q3*-1;+3. The predicted octanol–water partition coefficient (Wildman–Crippen LogP) is 10.1. The number of aliphatic imine (C=N–C) groups is 1. The van der Waals surface area contributed by atoms with Crippen molar-refractivity contribution in [1.29, 1.82) is 0 Å². The SMILES string of the molecule is CC12C3CC4=CC1C(c1[c-]cccc1)=NC=C4C2C3.[Ir+3].[c-]1cccc2ccc3cccnc3c12.[c-]1cccc2ccc3cccnc3c12. The maximum absolute atomic E-state index is 4.85. The first-order valence-corrected chi connectivity index (χ1v) is 16.4. The second-order valence-corrected chi connectivity index (χ2v) is 13.2. The number of fused-ring (bicyclic) bond motifs is 7. The Hall–Kier alpha value is -4.76. The molecule has 4 heterocycles. The van der Waals surface area contributed by atoms with Crippen LogP contribution in [0.15, 0.2) is 150 Å². The van der Waals surface area contributed by atoms with E-state index in [4.69, 9.17) is 4.99 Å². The minimum atomic E-state index is 0.